The SMILES string of the molecule is CC1=C2CC[C@H]3[C@@H]4CCC[C@@]4(C)CC[C@@H]3[C@@]2(C)CCC1=O. The van der Waals surface area contributed by atoms with E-state index in [1.165, 1.54) is 44.9 Å². The Morgan fingerprint density at radius 2 is 1.76 bits per heavy atom. The summed E-state index contributed by atoms with van der Waals surface area (Å²) in [5.74, 6) is 3.22. The fourth-order valence-electron chi connectivity index (χ4n) is 6.98. The van der Waals surface area contributed by atoms with Crippen LogP contribution in [0.3, 0.4) is 0 Å². The van der Waals surface area contributed by atoms with Gasteiger partial charge in [-0.3, -0.25) is 4.79 Å². The summed E-state index contributed by atoms with van der Waals surface area (Å²) < 4.78 is 0. The molecule has 0 spiro atoms. The molecule has 0 aromatic carbocycles. The van der Waals surface area contributed by atoms with Gasteiger partial charge in [0, 0.05) is 6.42 Å². The summed E-state index contributed by atoms with van der Waals surface area (Å²) >= 11 is 0. The van der Waals surface area contributed by atoms with Gasteiger partial charge in [-0.25, -0.2) is 0 Å². The maximum absolute atomic E-state index is 12.1. The molecule has 116 valence electrons. The fraction of sp³-hybridized carbons (Fsp3) is 0.850. The summed E-state index contributed by atoms with van der Waals surface area (Å²) in [5, 5.41) is 0. The molecule has 1 nitrogen and oxygen atoms in total. The van der Waals surface area contributed by atoms with Gasteiger partial charge < -0.3 is 0 Å². The lowest BCUT2D eigenvalue weighted by Gasteiger charge is -2.57. The molecule has 4 aliphatic carbocycles. The standard InChI is InChI=1S/C20H30O/c1-13-15-7-6-14-16-5-4-10-19(16,2)11-8-17(14)20(15,3)12-9-18(13)21/h14,16-17H,4-12H2,1-3H3/t14-,16-,17-,19-,20-/m0/s1. The molecule has 0 N–H and O–H groups in total. The summed E-state index contributed by atoms with van der Waals surface area (Å²) in [7, 11) is 0. The number of carbonyl (C=O) groups is 1. The van der Waals surface area contributed by atoms with Crippen LogP contribution in [0.15, 0.2) is 11.1 Å². The zero-order chi connectivity index (χ0) is 14.8. The van der Waals surface area contributed by atoms with Crippen LogP contribution in [0.4, 0.5) is 0 Å². The lowest BCUT2D eigenvalue weighted by atomic mass is 9.47. The van der Waals surface area contributed by atoms with E-state index in [9.17, 15) is 4.79 Å². The average molecular weight is 286 g/mol. The highest BCUT2D eigenvalue weighted by Crippen LogP contribution is 2.65. The first-order valence-corrected chi connectivity index (χ1v) is 9.19. The number of allylic oxidation sites excluding steroid dienone is 1. The molecule has 0 aliphatic heterocycles. The van der Waals surface area contributed by atoms with Crippen LogP contribution in [0.2, 0.25) is 0 Å². The normalized spacial score (nSPS) is 49.7. The van der Waals surface area contributed by atoms with E-state index in [-0.39, 0.29) is 0 Å². The van der Waals surface area contributed by atoms with Crippen molar-refractivity contribution in [3.05, 3.63) is 11.1 Å². The largest absolute Gasteiger partial charge is 0.295 e. The van der Waals surface area contributed by atoms with Gasteiger partial charge in [0.1, 0.15) is 0 Å². The van der Waals surface area contributed by atoms with Gasteiger partial charge in [0.05, 0.1) is 0 Å². The molecule has 0 amide bonds. The van der Waals surface area contributed by atoms with Crippen LogP contribution in [0.25, 0.3) is 0 Å². The van der Waals surface area contributed by atoms with Gasteiger partial charge in [0.2, 0.25) is 0 Å². The quantitative estimate of drug-likeness (QED) is 0.590. The van der Waals surface area contributed by atoms with Crippen molar-refractivity contribution >= 4 is 5.78 Å². The minimum atomic E-state index is 0.352. The molecule has 0 bridgehead atoms. The minimum Gasteiger partial charge on any atom is -0.295 e. The van der Waals surface area contributed by atoms with Gasteiger partial charge >= 0.3 is 0 Å². The number of fused-ring (bicyclic) bond motifs is 5. The van der Waals surface area contributed by atoms with Gasteiger partial charge in [-0.1, -0.05) is 25.8 Å². The van der Waals surface area contributed by atoms with Gasteiger partial charge in [-0.15, -0.1) is 0 Å². The Morgan fingerprint density at radius 1 is 0.952 bits per heavy atom. The van der Waals surface area contributed by atoms with Crippen molar-refractivity contribution in [2.24, 2.45) is 28.6 Å². The number of hydrogen-bond acceptors (Lipinski definition) is 1. The predicted molar refractivity (Wildman–Crippen MR) is 85.9 cm³/mol. The van der Waals surface area contributed by atoms with Crippen LogP contribution in [-0.2, 0) is 4.79 Å². The van der Waals surface area contributed by atoms with Crippen LogP contribution < -0.4 is 0 Å². The van der Waals surface area contributed by atoms with Gasteiger partial charge in [-0.05, 0) is 86.0 Å². The maximum atomic E-state index is 12.1. The lowest BCUT2D eigenvalue weighted by Crippen LogP contribution is -2.49. The number of ketones is 1. The van der Waals surface area contributed by atoms with E-state index < -0.39 is 0 Å². The summed E-state index contributed by atoms with van der Waals surface area (Å²) in [6, 6.07) is 0. The van der Waals surface area contributed by atoms with Crippen molar-refractivity contribution < 1.29 is 4.79 Å². The van der Waals surface area contributed by atoms with Crippen molar-refractivity contribution in [2.75, 3.05) is 0 Å². The van der Waals surface area contributed by atoms with Crippen LogP contribution in [0.1, 0.15) is 78.6 Å². The minimum absolute atomic E-state index is 0.352. The van der Waals surface area contributed by atoms with E-state index in [4.69, 9.17) is 0 Å². The first-order valence-electron chi connectivity index (χ1n) is 9.19. The van der Waals surface area contributed by atoms with Crippen molar-refractivity contribution in [2.45, 2.75) is 78.6 Å². The molecule has 4 rings (SSSR count). The van der Waals surface area contributed by atoms with Crippen molar-refractivity contribution in [1.29, 1.82) is 0 Å². The molecule has 1 heteroatoms. The fourth-order valence-corrected chi connectivity index (χ4v) is 6.98. The molecule has 0 saturated heterocycles. The third-order valence-electron chi connectivity index (χ3n) is 8.20. The first-order chi connectivity index (χ1) is 9.96. The van der Waals surface area contributed by atoms with E-state index in [1.807, 2.05) is 0 Å². The highest BCUT2D eigenvalue weighted by atomic mass is 16.1. The summed E-state index contributed by atoms with van der Waals surface area (Å²) in [5.41, 5.74) is 3.70. The highest BCUT2D eigenvalue weighted by Gasteiger charge is 2.56. The Balaban J connectivity index is 1.72. The molecule has 5 atom stereocenters. The first kappa shape index (κ1) is 14.0. The number of Topliss-reactive ketones (excluding diaryl/α,β-unsaturated/α-hetero) is 1. The molecule has 3 fully saturated rings. The number of hydrogen-bond donors (Lipinski definition) is 0. The molecule has 3 saturated carbocycles. The van der Waals surface area contributed by atoms with E-state index >= 15 is 0 Å². The van der Waals surface area contributed by atoms with Crippen LogP contribution in [0, 0.1) is 28.6 Å². The molecule has 0 aromatic rings. The molecular formula is C20H30O. The Morgan fingerprint density at radius 3 is 2.57 bits per heavy atom. The zero-order valence-electron chi connectivity index (χ0n) is 14.0. The van der Waals surface area contributed by atoms with Crippen LogP contribution in [0.5, 0.6) is 0 Å². The summed E-state index contributed by atoms with van der Waals surface area (Å²) in [6.07, 6.45) is 11.8. The summed E-state index contributed by atoms with van der Waals surface area (Å²) in [4.78, 5) is 12.1. The zero-order valence-corrected chi connectivity index (χ0v) is 14.0. The van der Waals surface area contributed by atoms with Gasteiger partial charge in [-0.2, -0.15) is 0 Å². The second kappa shape index (κ2) is 4.46. The number of rotatable bonds is 0. The highest BCUT2D eigenvalue weighted by molar-refractivity contribution is 5.96. The molecule has 0 aromatic heterocycles. The monoisotopic (exact) mass is 286 g/mol. The van der Waals surface area contributed by atoms with Crippen LogP contribution >= 0.6 is 0 Å². The molecule has 4 aliphatic rings. The molecule has 0 unspecified atom stereocenters. The second-order valence-electron chi connectivity index (χ2n) is 8.94. The van der Waals surface area contributed by atoms with E-state index in [0.717, 1.165) is 36.2 Å². The molecule has 0 heterocycles. The van der Waals surface area contributed by atoms with E-state index in [2.05, 4.69) is 20.8 Å². The third-order valence-corrected chi connectivity index (χ3v) is 8.20. The molecule has 21 heavy (non-hydrogen) atoms. The van der Waals surface area contributed by atoms with Crippen molar-refractivity contribution in [3.8, 4) is 0 Å². The second-order valence-corrected chi connectivity index (χ2v) is 8.94. The number of carbonyl (C=O) groups excluding carboxylic acids is 1. The topological polar surface area (TPSA) is 17.1 Å². The van der Waals surface area contributed by atoms with Crippen molar-refractivity contribution in [1.82, 2.24) is 0 Å². The van der Waals surface area contributed by atoms with Crippen LogP contribution in [-0.4, -0.2) is 5.78 Å². The van der Waals surface area contributed by atoms with E-state index in [0.29, 0.717) is 16.6 Å². The molecular weight excluding hydrogens is 256 g/mol. The Labute approximate surface area is 129 Å². The van der Waals surface area contributed by atoms with E-state index in [1.54, 1.807) is 5.57 Å². The van der Waals surface area contributed by atoms with Crippen molar-refractivity contribution in [3.63, 3.8) is 0 Å². The maximum Gasteiger partial charge on any atom is 0.158 e. The molecule has 0 radical (unpaired) electrons. The lowest BCUT2D eigenvalue weighted by molar-refractivity contribution is -0.118. The van der Waals surface area contributed by atoms with Gasteiger partial charge in [0.25, 0.3) is 0 Å². The predicted octanol–water partition coefficient (Wildman–Crippen LogP) is 5.30. The smallest absolute Gasteiger partial charge is 0.158 e. The average Bonchev–Trinajstić information content (AvgIpc) is 2.85. The Bertz CT molecular complexity index is 516. The summed E-state index contributed by atoms with van der Waals surface area (Å²) in [6.45, 7) is 7.19. The Hall–Kier alpha value is -0.590. The third kappa shape index (κ3) is 1.79. The Kier molecular flexibility index (Phi) is 2.98. The van der Waals surface area contributed by atoms with Gasteiger partial charge in [0.15, 0.2) is 5.78 Å².